The molecule has 1 saturated heterocycles. The summed E-state index contributed by atoms with van der Waals surface area (Å²) < 4.78 is 44.6. The topological polar surface area (TPSA) is 54.5 Å². The first-order valence-corrected chi connectivity index (χ1v) is 9.68. The molecule has 1 aliphatic heterocycles. The Balaban J connectivity index is 1.53. The Kier molecular flexibility index (Phi) is 5.45. The van der Waals surface area contributed by atoms with Crippen molar-refractivity contribution >= 4 is 11.6 Å². The third-order valence-electron chi connectivity index (χ3n) is 5.31. The minimum Gasteiger partial charge on any atom is -0.378 e. The van der Waals surface area contributed by atoms with Crippen LogP contribution in [0.3, 0.4) is 0 Å². The summed E-state index contributed by atoms with van der Waals surface area (Å²) in [4.78, 5) is 19.1. The maximum Gasteiger partial charge on any atom is 0.416 e. The van der Waals surface area contributed by atoms with E-state index >= 15 is 0 Å². The lowest BCUT2D eigenvalue weighted by molar-refractivity contribution is -0.137. The van der Waals surface area contributed by atoms with Crippen LogP contribution in [0.4, 0.5) is 18.9 Å². The number of halogens is 3. The summed E-state index contributed by atoms with van der Waals surface area (Å²) in [6, 6.07) is 8.29. The van der Waals surface area contributed by atoms with Crippen LogP contribution in [0.1, 0.15) is 40.5 Å². The van der Waals surface area contributed by atoms with Crippen LogP contribution in [-0.2, 0) is 10.9 Å². The number of nitrogens with zero attached hydrogens (tertiary/aromatic N) is 2. The van der Waals surface area contributed by atoms with Crippen molar-refractivity contribution in [2.45, 2.75) is 25.1 Å². The van der Waals surface area contributed by atoms with Crippen molar-refractivity contribution in [2.75, 3.05) is 31.2 Å². The number of alkyl halides is 3. The molecule has 0 bridgehead atoms. The van der Waals surface area contributed by atoms with Gasteiger partial charge < -0.3 is 15.0 Å². The first-order chi connectivity index (χ1) is 13.9. The van der Waals surface area contributed by atoms with Gasteiger partial charge >= 0.3 is 6.18 Å². The number of rotatable bonds is 5. The number of anilines is 1. The van der Waals surface area contributed by atoms with Crippen LogP contribution in [-0.4, -0.2) is 37.2 Å². The number of pyridine rings is 1. The number of hydrogen-bond donors (Lipinski definition) is 1. The van der Waals surface area contributed by atoms with Crippen LogP contribution in [0.2, 0.25) is 0 Å². The molecule has 1 saturated carbocycles. The first-order valence-electron chi connectivity index (χ1n) is 9.68. The van der Waals surface area contributed by atoms with E-state index in [2.05, 4.69) is 15.2 Å². The van der Waals surface area contributed by atoms with Gasteiger partial charge in [-0.25, -0.2) is 0 Å². The summed E-state index contributed by atoms with van der Waals surface area (Å²) in [7, 11) is 0. The molecule has 1 aromatic carbocycles. The molecular formula is C21H22F3N3O2. The number of morpholine rings is 1. The van der Waals surface area contributed by atoms with Crippen LogP contribution in [0, 0.1) is 5.92 Å². The fourth-order valence-corrected chi connectivity index (χ4v) is 3.59. The second kappa shape index (κ2) is 8.02. The maximum atomic E-state index is 13.1. The predicted octanol–water partition coefficient (Wildman–Crippen LogP) is 3.82. The van der Waals surface area contributed by atoms with Crippen molar-refractivity contribution in [3.63, 3.8) is 0 Å². The van der Waals surface area contributed by atoms with Gasteiger partial charge in [-0.2, -0.15) is 13.2 Å². The van der Waals surface area contributed by atoms with E-state index in [0.717, 1.165) is 43.8 Å². The van der Waals surface area contributed by atoms with Crippen molar-refractivity contribution in [1.82, 2.24) is 10.3 Å². The highest BCUT2D eigenvalue weighted by Crippen LogP contribution is 2.42. The van der Waals surface area contributed by atoms with E-state index in [9.17, 15) is 18.0 Å². The molecule has 1 atom stereocenters. The number of nitrogens with one attached hydrogen (secondary N) is 1. The zero-order valence-electron chi connectivity index (χ0n) is 15.8. The molecule has 2 aromatic rings. The summed E-state index contributed by atoms with van der Waals surface area (Å²) in [6.07, 6.45) is -1.08. The summed E-state index contributed by atoms with van der Waals surface area (Å²) in [6.45, 7) is 2.73. The third-order valence-corrected chi connectivity index (χ3v) is 5.31. The SMILES string of the molecule is O=C(N[C@@H](c1cccc(C(F)(F)F)c1)C1CC1)c1cc(N2CCOCC2)ccn1. The Morgan fingerprint density at radius 2 is 1.93 bits per heavy atom. The van der Waals surface area contributed by atoms with Crippen molar-refractivity contribution in [3.8, 4) is 0 Å². The Morgan fingerprint density at radius 3 is 2.62 bits per heavy atom. The van der Waals surface area contributed by atoms with Crippen molar-refractivity contribution in [1.29, 1.82) is 0 Å². The minimum absolute atomic E-state index is 0.143. The smallest absolute Gasteiger partial charge is 0.378 e. The second-order valence-corrected chi connectivity index (χ2v) is 7.41. The molecule has 4 rings (SSSR count). The lowest BCUT2D eigenvalue weighted by atomic mass is 9.99. The van der Waals surface area contributed by atoms with Gasteiger partial charge in [0, 0.05) is 25.0 Å². The standard InChI is InChI=1S/C21H22F3N3O2/c22-21(23,24)16-3-1-2-15(12-16)19(14-4-5-14)26-20(28)18-13-17(6-7-25-18)27-8-10-29-11-9-27/h1-3,6-7,12-14,19H,4-5,8-11H2,(H,26,28)/t19-/m1/s1. The number of benzene rings is 1. The molecule has 0 unspecified atom stereocenters. The minimum atomic E-state index is -4.41. The molecule has 154 valence electrons. The number of hydrogen-bond acceptors (Lipinski definition) is 4. The lowest BCUT2D eigenvalue weighted by Gasteiger charge is -2.29. The van der Waals surface area contributed by atoms with Crippen LogP contribution >= 0.6 is 0 Å². The molecule has 1 aromatic heterocycles. The largest absolute Gasteiger partial charge is 0.416 e. The fourth-order valence-electron chi connectivity index (χ4n) is 3.59. The van der Waals surface area contributed by atoms with Crippen LogP contribution in [0.15, 0.2) is 42.6 Å². The van der Waals surface area contributed by atoms with Crippen molar-refractivity contribution in [3.05, 3.63) is 59.4 Å². The lowest BCUT2D eigenvalue weighted by Crippen LogP contribution is -2.36. The van der Waals surface area contributed by atoms with Crippen molar-refractivity contribution < 1.29 is 22.7 Å². The van der Waals surface area contributed by atoms with E-state index in [0.29, 0.717) is 18.8 Å². The van der Waals surface area contributed by atoms with E-state index in [4.69, 9.17) is 4.74 Å². The van der Waals surface area contributed by atoms with Gasteiger partial charge in [-0.3, -0.25) is 9.78 Å². The molecule has 2 fully saturated rings. The van der Waals surface area contributed by atoms with Gasteiger partial charge in [-0.1, -0.05) is 12.1 Å². The summed E-state index contributed by atoms with van der Waals surface area (Å²) in [5, 5.41) is 2.91. The van der Waals surface area contributed by atoms with Gasteiger partial charge in [0.2, 0.25) is 0 Å². The van der Waals surface area contributed by atoms with Gasteiger partial charge in [0.15, 0.2) is 0 Å². The normalized spacial score (nSPS) is 18.4. The van der Waals surface area contributed by atoms with Crippen molar-refractivity contribution in [2.24, 2.45) is 5.92 Å². The number of carbonyl (C=O) groups is 1. The Morgan fingerprint density at radius 1 is 1.17 bits per heavy atom. The summed E-state index contributed by atoms with van der Waals surface area (Å²) >= 11 is 0. The summed E-state index contributed by atoms with van der Waals surface area (Å²) in [5.41, 5.74) is 0.907. The number of aromatic nitrogens is 1. The van der Waals surface area contributed by atoms with Gasteiger partial charge in [0.25, 0.3) is 5.91 Å². The van der Waals surface area contributed by atoms with Gasteiger partial charge in [0.1, 0.15) is 5.69 Å². The highest BCUT2D eigenvalue weighted by Gasteiger charge is 2.36. The molecule has 8 heteroatoms. The van der Waals surface area contributed by atoms with Gasteiger partial charge in [0.05, 0.1) is 24.8 Å². The average Bonchev–Trinajstić information content (AvgIpc) is 3.57. The average molecular weight is 405 g/mol. The molecule has 1 N–H and O–H groups in total. The number of carbonyl (C=O) groups excluding carboxylic acids is 1. The highest BCUT2D eigenvalue weighted by molar-refractivity contribution is 5.93. The Bertz CT molecular complexity index is 877. The molecule has 2 aliphatic rings. The molecular weight excluding hydrogens is 383 g/mol. The summed E-state index contributed by atoms with van der Waals surface area (Å²) in [5.74, 6) is -0.237. The van der Waals surface area contributed by atoms with E-state index in [1.165, 1.54) is 6.07 Å². The zero-order chi connectivity index (χ0) is 20.4. The molecule has 29 heavy (non-hydrogen) atoms. The van der Waals surface area contributed by atoms with Gasteiger partial charge in [-0.15, -0.1) is 0 Å². The molecule has 5 nitrogen and oxygen atoms in total. The fraction of sp³-hybridized carbons (Fsp3) is 0.429. The van der Waals surface area contributed by atoms with Gasteiger partial charge in [-0.05, 0) is 48.6 Å². The zero-order valence-corrected chi connectivity index (χ0v) is 15.8. The quantitative estimate of drug-likeness (QED) is 0.822. The molecule has 1 aliphatic carbocycles. The Labute approximate surface area is 166 Å². The molecule has 0 spiro atoms. The van der Waals surface area contributed by atoms with Crippen LogP contribution in [0.5, 0.6) is 0 Å². The molecule has 1 amide bonds. The number of ether oxygens (including phenoxy) is 1. The van der Waals surface area contributed by atoms with Crippen LogP contribution in [0.25, 0.3) is 0 Å². The monoisotopic (exact) mass is 405 g/mol. The van der Waals surface area contributed by atoms with E-state index in [1.54, 1.807) is 18.3 Å². The maximum absolute atomic E-state index is 13.1. The number of amides is 1. The van der Waals surface area contributed by atoms with Crippen LogP contribution < -0.4 is 10.2 Å². The first kappa shape index (κ1) is 19.7. The molecule has 2 heterocycles. The predicted molar refractivity (Wildman–Crippen MR) is 102 cm³/mol. The Hall–Kier alpha value is -2.61. The van der Waals surface area contributed by atoms with E-state index < -0.39 is 17.8 Å². The highest BCUT2D eigenvalue weighted by atomic mass is 19.4. The third kappa shape index (κ3) is 4.70. The second-order valence-electron chi connectivity index (χ2n) is 7.41. The van der Waals surface area contributed by atoms with E-state index in [-0.39, 0.29) is 17.5 Å². The van der Waals surface area contributed by atoms with E-state index in [1.807, 2.05) is 6.07 Å². The molecule has 0 radical (unpaired) electrons.